The van der Waals surface area contributed by atoms with E-state index in [4.69, 9.17) is 5.11 Å². The zero-order chi connectivity index (χ0) is 16.4. The summed E-state index contributed by atoms with van der Waals surface area (Å²) in [4.78, 5) is 21.3. The molecule has 2 aromatic carbocycles. The first kappa shape index (κ1) is 14.4. The van der Waals surface area contributed by atoms with Crippen LogP contribution in [0.1, 0.15) is 10.4 Å². The van der Waals surface area contributed by atoms with Crippen LogP contribution in [0.5, 0.6) is 0 Å². The Morgan fingerprint density at radius 3 is 2.57 bits per heavy atom. The molecule has 0 aliphatic carbocycles. The van der Waals surface area contributed by atoms with Crippen molar-refractivity contribution in [1.82, 2.24) is 15.0 Å². The van der Waals surface area contributed by atoms with Crippen molar-refractivity contribution in [3.05, 3.63) is 70.4 Å². The molecule has 0 saturated heterocycles. The lowest BCUT2D eigenvalue weighted by Gasteiger charge is -2.07. The molecule has 3 rings (SSSR count). The third-order valence-electron chi connectivity index (χ3n) is 3.26. The molecule has 8 heteroatoms. The van der Waals surface area contributed by atoms with Crippen molar-refractivity contribution < 1.29 is 14.8 Å². The number of aromatic nitrogens is 3. The lowest BCUT2D eigenvalue weighted by Crippen LogP contribution is -2.02. The summed E-state index contributed by atoms with van der Waals surface area (Å²) < 4.78 is 1.48. The Morgan fingerprint density at radius 1 is 1.17 bits per heavy atom. The van der Waals surface area contributed by atoms with Crippen LogP contribution in [0.25, 0.3) is 16.9 Å². The van der Waals surface area contributed by atoms with Gasteiger partial charge in [-0.15, -0.1) is 5.10 Å². The topological polar surface area (TPSA) is 111 Å². The van der Waals surface area contributed by atoms with Gasteiger partial charge in [0.1, 0.15) is 0 Å². The smallest absolute Gasteiger partial charge is 0.335 e. The highest BCUT2D eigenvalue weighted by molar-refractivity contribution is 5.88. The molecular formula is C15H10N4O4. The Hall–Kier alpha value is -3.55. The molecule has 0 radical (unpaired) electrons. The number of carbonyl (C=O) groups is 1. The summed E-state index contributed by atoms with van der Waals surface area (Å²) in [6, 6.07) is 12.2. The Balaban J connectivity index is 2.04. The SMILES string of the molecule is O=C(O)c1cccc(-n2nncc2-c2ccc([N+](=O)[O-])cc2)c1. The van der Waals surface area contributed by atoms with Gasteiger partial charge in [-0.3, -0.25) is 10.1 Å². The summed E-state index contributed by atoms with van der Waals surface area (Å²) in [6.45, 7) is 0. The fourth-order valence-electron chi connectivity index (χ4n) is 2.15. The molecule has 1 heterocycles. The normalized spacial score (nSPS) is 10.4. The van der Waals surface area contributed by atoms with Crippen molar-refractivity contribution >= 4 is 11.7 Å². The minimum Gasteiger partial charge on any atom is -0.478 e. The number of nitro benzene ring substituents is 1. The molecule has 3 aromatic rings. The van der Waals surface area contributed by atoms with Gasteiger partial charge in [-0.1, -0.05) is 11.3 Å². The van der Waals surface area contributed by atoms with Crippen LogP contribution in [-0.4, -0.2) is 31.0 Å². The number of benzene rings is 2. The van der Waals surface area contributed by atoms with Crippen molar-refractivity contribution in [3.63, 3.8) is 0 Å². The van der Waals surface area contributed by atoms with Crippen molar-refractivity contribution in [2.45, 2.75) is 0 Å². The minimum absolute atomic E-state index is 0.0133. The fourth-order valence-corrected chi connectivity index (χ4v) is 2.15. The van der Waals surface area contributed by atoms with Gasteiger partial charge in [0.25, 0.3) is 5.69 Å². The van der Waals surface area contributed by atoms with Crippen molar-refractivity contribution in [3.8, 4) is 16.9 Å². The highest BCUT2D eigenvalue weighted by atomic mass is 16.6. The van der Waals surface area contributed by atoms with Gasteiger partial charge in [0.15, 0.2) is 0 Å². The Kier molecular flexibility index (Phi) is 3.55. The number of hydrogen-bond acceptors (Lipinski definition) is 5. The van der Waals surface area contributed by atoms with Crippen LogP contribution in [0.2, 0.25) is 0 Å². The molecule has 0 unspecified atom stereocenters. The third-order valence-corrected chi connectivity index (χ3v) is 3.26. The van der Waals surface area contributed by atoms with Crippen LogP contribution in [0.3, 0.4) is 0 Å². The van der Waals surface area contributed by atoms with Gasteiger partial charge in [0, 0.05) is 17.7 Å². The Labute approximate surface area is 129 Å². The molecule has 0 atom stereocenters. The summed E-state index contributed by atoms with van der Waals surface area (Å²) in [5.41, 5.74) is 1.94. The number of hydrogen-bond donors (Lipinski definition) is 1. The number of nitro groups is 1. The molecule has 23 heavy (non-hydrogen) atoms. The third kappa shape index (κ3) is 2.77. The van der Waals surface area contributed by atoms with Crippen LogP contribution in [-0.2, 0) is 0 Å². The second-order valence-electron chi connectivity index (χ2n) is 4.69. The van der Waals surface area contributed by atoms with Crippen LogP contribution < -0.4 is 0 Å². The maximum atomic E-state index is 11.1. The molecule has 0 amide bonds. The van der Waals surface area contributed by atoms with Crippen LogP contribution in [0.4, 0.5) is 5.69 Å². The summed E-state index contributed by atoms with van der Waals surface area (Å²) in [5, 5.41) is 27.6. The van der Waals surface area contributed by atoms with E-state index in [0.29, 0.717) is 16.9 Å². The van der Waals surface area contributed by atoms with E-state index in [0.717, 1.165) is 0 Å². The molecule has 114 valence electrons. The predicted octanol–water partition coefficient (Wildman–Crippen LogP) is 2.54. The van der Waals surface area contributed by atoms with Gasteiger partial charge in [0.05, 0.1) is 28.1 Å². The number of carboxylic acid groups (broad SMARTS) is 1. The summed E-state index contributed by atoms with van der Waals surface area (Å²) >= 11 is 0. The molecule has 0 aliphatic rings. The average Bonchev–Trinajstić information content (AvgIpc) is 3.04. The van der Waals surface area contributed by atoms with E-state index in [1.54, 1.807) is 24.3 Å². The molecule has 0 saturated carbocycles. The molecule has 0 aliphatic heterocycles. The van der Waals surface area contributed by atoms with E-state index >= 15 is 0 Å². The number of non-ortho nitro benzene ring substituents is 1. The van der Waals surface area contributed by atoms with Crippen molar-refractivity contribution in [2.75, 3.05) is 0 Å². The van der Waals surface area contributed by atoms with E-state index in [-0.39, 0.29) is 11.3 Å². The summed E-state index contributed by atoms with van der Waals surface area (Å²) in [5.74, 6) is -1.04. The first-order valence-electron chi connectivity index (χ1n) is 6.55. The van der Waals surface area contributed by atoms with E-state index in [1.807, 2.05) is 0 Å². The van der Waals surface area contributed by atoms with Gasteiger partial charge < -0.3 is 5.11 Å². The molecule has 1 N–H and O–H groups in total. The monoisotopic (exact) mass is 310 g/mol. The zero-order valence-corrected chi connectivity index (χ0v) is 11.7. The van der Waals surface area contributed by atoms with E-state index < -0.39 is 10.9 Å². The van der Waals surface area contributed by atoms with Crippen LogP contribution in [0.15, 0.2) is 54.7 Å². The van der Waals surface area contributed by atoms with Crippen LogP contribution in [0, 0.1) is 10.1 Å². The molecule has 1 aromatic heterocycles. The number of rotatable bonds is 4. The average molecular weight is 310 g/mol. The maximum Gasteiger partial charge on any atom is 0.335 e. The predicted molar refractivity (Wildman–Crippen MR) is 80.4 cm³/mol. The number of carboxylic acids is 1. The lowest BCUT2D eigenvalue weighted by atomic mass is 10.1. The van der Waals surface area contributed by atoms with Gasteiger partial charge in [0.2, 0.25) is 0 Å². The van der Waals surface area contributed by atoms with Gasteiger partial charge in [-0.25, -0.2) is 9.48 Å². The minimum atomic E-state index is -1.04. The largest absolute Gasteiger partial charge is 0.478 e. The first-order chi connectivity index (χ1) is 11.1. The van der Waals surface area contributed by atoms with E-state index in [9.17, 15) is 14.9 Å². The lowest BCUT2D eigenvalue weighted by molar-refractivity contribution is -0.384. The highest BCUT2D eigenvalue weighted by Gasteiger charge is 2.12. The van der Waals surface area contributed by atoms with Crippen molar-refractivity contribution in [1.29, 1.82) is 0 Å². The Morgan fingerprint density at radius 2 is 1.91 bits per heavy atom. The Bertz CT molecular complexity index is 887. The molecule has 0 spiro atoms. The molecule has 0 fully saturated rings. The number of nitrogens with zero attached hydrogens (tertiary/aromatic N) is 4. The summed E-state index contributed by atoms with van der Waals surface area (Å²) in [6.07, 6.45) is 1.51. The molecule has 8 nitrogen and oxygen atoms in total. The first-order valence-corrected chi connectivity index (χ1v) is 6.55. The molecular weight excluding hydrogens is 300 g/mol. The van der Waals surface area contributed by atoms with E-state index in [1.165, 1.54) is 35.1 Å². The maximum absolute atomic E-state index is 11.1. The zero-order valence-electron chi connectivity index (χ0n) is 11.7. The fraction of sp³-hybridized carbons (Fsp3) is 0. The second-order valence-corrected chi connectivity index (χ2v) is 4.69. The summed E-state index contributed by atoms with van der Waals surface area (Å²) in [7, 11) is 0. The molecule has 0 bridgehead atoms. The number of aromatic carboxylic acids is 1. The standard InChI is InChI=1S/C15H10N4O4/c20-15(21)11-2-1-3-13(8-11)18-14(9-16-17-18)10-4-6-12(7-5-10)19(22)23/h1-9H,(H,20,21). The van der Waals surface area contributed by atoms with Crippen LogP contribution >= 0.6 is 0 Å². The van der Waals surface area contributed by atoms with Gasteiger partial charge in [-0.05, 0) is 30.3 Å². The highest BCUT2D eigenvalue weighted by Crippen LogP contribution is 2.24. The van der Waals surface area contributed by atoms with Gasteiger partial charge in [-0.2, -0.15) is 0 Å². The van der Waals surface area contributed by atoms with Gasteiger partial charge >= 0.3 is 5.97 Å². The van der Waals surface area contributed by atoms with E-state index in [2.05, 4.69) is 10.3 Å². The second kappa shape index (κ2) is 5.68. The quantitative estimate of drug-likeness (QED) is 0.585. The van der Waals surface area contributed by atoms with Crippen molar-refractivity contribution in [2.24, 2.45) is 0 Å².